The summed E-state index contributed by atoms with van der Waals surface area (Å²) in [4.78, 5) is 54.0. The highest BCUT2D eigenvalue weighted by molar-refractivity contribution is 8.01. The number of thioether (sulfide) groups is 1. The maximum absolute atomic E-state index is 15.6. The molecular weight excluding hydrogens is 662 g/mol. The van der Waals surface area contributed by atoms with Crippen LogP contribution >= 0.6 is 11.8 Å². The average molecular weight is 706 g/mol. The van der Waals surface area contributed by atoms with Gasteiger partial charge in [-0.05, 0) is 42.9 Å². The van der Waals surface area contributed by atoms with Gasteiger partial charge in [-0.1, -0.05) is 32.9 Å². The van der Waals surface area contributed by atoms with Crippen molar-refractivity contribution in [3.8, 4) is 0 Å². The van der Waals surface area contributed by atoms with Crippen molar-refractivity contribution >= 4 is 40.4 Å². The van der Waals surface area contributed by atoms with Crippen LogP contribution in [0.3, 0.4) is 0 Å². The van der Waals surface area contributed by atoms with Crippen molar-refractivity contribution < 1.29 is 27.2 Å². The van der Waals surface area contributed by atoms with E-state index in [-0.39, 0.29) is 61.6 Å². The highest BCUT2D eigenvalue weighted by atomic mass is 32.2. The van der Waals surface area contributed by atoms with Gasteiger partial charge in [0.2, 0.25) is 11.8 Å². The van der Waals surface area contributed by atoms with Crippen molar-refractivity contribution in [1.29, 1.82) is 0 Å². The third-order valence-corrected chi connectivity index (χ3v) is 11.1. The zero-order valence-corrected chi connectivity index (χ0v) is 28.8. The molecule has 0 radical (unpaired) electrons. The molecule has 1 N–H and O–H groups in total. The van der Waals surface area contributed by atoms with Crippen molar-refractivity contribution in [2.45, 2.75) is 69.3 Å². The molecule has 15 heteroatoms. The van der Waals surface area contributed by atoms with Crippen molar-refractivity contribution in [3.05, 3.63) is 58.4 Å². The number of piperidine rings is 1. The molecule has 0 spiro atoms. The molecule has 3 aliphatic heterocycles. The summed E-state index contributed by atoms with van der Waals surface area (Å²) in [6.07, 6.45) is -0.831. The lowest BCUT2D eigenvalue weighted by Crippen LogP contribution is -2.49. The number of likely N-dealkylation sites (tertiary alicyclic amines) is 1. The molecular formula is C34H43F4N7O3S. The van der Waals surface area contributed by atoms with E-state index in [0.717, 1.165) is 5.52 Å². The van der Waals surface area contributed by atoms with Gasteiger partial charge in [0.15, 0.2) is 5.65 Å². The van der Waals surface area contributed by atoms with Gasteiger partial charge in [0.05, 0.1) is 23.0 Å². The first-order valence-electron chi connectivity index (χ1n) is 16.8. The van der Waals surface area contributed by atoms with Gasteiger partial charge >= 0.3 is 11.9 Å². The third-order valence-electron chi connectivity index (χ3n) is 9.65. The number of aromatic nitrogens is 3. The molecule has 3 saturated heterocycles. The fourth-order valence-electron chi connectivity index (χ4n) is 7.08. The Morgan fingerprint density at radius 3 is 2.39 bits per heavy atom. The summed E-state index contributed by atoms with van der Waals surface area (Å²) in [5.41, 5.74) is 1.83. The number of rotatable bonds is 8. The van der Waals surface area contributed by atoms with Gasteiger partial charge < -0.3 is 14.7 Å². The van der Waals surface area contributed by atoms with Crippen molar-refractivity contribution in [3.63, 3.8) is 0 Å². The first-order chi connectivity index (χ1) is 23.2. The van der Waals surface area contributed by atoms with E-state index in [9.17, 15) is 27.6 Å². The van der Waals surface area contributed by atoms with Crippen LogP contribution in [-0.4, -0.2) is 105 Å². The summed E-state index contributed by atoms with van der Waals surface area (Å²) in [7, 11) is 0. The zero-order chi connectivity index (χ0) is 35.1. The number of hydrogen-bond donors (Lipinski definition) is 1. The molecule has 2 amide bonds. The van der Waals surface area contributed by atoms with E-state index in [1.807, 2.05) is 6.07 Å². The van der Waals surface area contributed by atoms with E-state index in [0.29, 0.717) is 55.8 Å². The summed E-state index contributed by atoms with van der Waals surface area (Å²) in [6, 6.07) is 8.26. The Kier molecular flexibility index (Phi) is 10.0. The second-order valence-corrected chi connectivity index (χ2v) is 15.7. The largest absolute Gasteiger partial charge is 0.401 e. The summed E-state index contributed by atoms with van der Waals surface area (Å²) >= 11 is 1.34. The number of H-pyrrole nitrogens is 1. The fraction of sp³-hybridized carbons (Fsp3) is 0.588. The molecule has 0 saturated carbocycles. The highest BCUT2D eigenvalue weighted by Gasteiger charge is 2.44. The van der Waals surface area contributed by atoms with Gasteiger partial charge in [0.25, 0.3) is 0 Å². The van der Waals surface area contributed by atoms with E-state index in [2.05, 4.69) is 30.7 Å². The van der Waals surface area contributed by atoms with Gasteiger partial charge in [-0.2, -0.15) is 13.2 Å². The summed E-state index contributed by atoms with van der Waals surface area (Å²) in [5.74, 6) is -0.808. The van der Waals surface area contributed by atoms with Gasteiger partial charge in [0, 0.05) is 70.0 Å². The van der Waals surface area contributed by atoms with Gasteiger partial charge in [-0.25, -0.2) is 14.2 Å². The Morgan fingerprint density at radius 2 is 1.71 bits per heavy atom. The number of hydrogen-bond acceptors (Lipinski definition) is 7. The van der Waals surface area contributed by atoms with Crippen molar-refractivity contribution in [2.24, 2.45) is 5.41 Å². The van der Waals surface area contributed by atoms with Gasteiger partial charge in [-0.3, -0.25) is 24.0 Å². The van der Waals surface area contributed by atoms with E-state index in [4.69, 9.17) is 0 Å². The standard InChI is InChI=1S/C34H43F4N7O3S/c1-33(2,3)11-15-44-30(47)26(20-27(46)42-13-9-22(10-14-42)45-25-8-5-12-39-29(25)40-32(45)48)49-31(44)23-6-4-7-24(35)28(23)43-18-16-41(17-19-43)21-34(36,37)38/h4-8,12,22,26,31H,9-11,13-21H2,1-3H3,(H,39,40,48). The molecule has 6 rings (SSSR count). The molecule has 266 valence electrons. The maximum atomic E-state index is 15.6. The van der Waals surface area contributed by atoms with E-state index in [1.165, 1.54) is 22.7 Å². The predicted octanol–water partition coefficient (Wildman–Crippen LogP) is 5.18. The topological polar surface area (TPSA) is 97.8 Å². The summed E-state index contributed by atoms with van der Waals surface area (Å²) < 4.78 is 56.4. The van der Waals surface area contributed by atoms with Crippen LogP contribution in [0.5, 0.6) is 0 Å². The van der Waals surface area contributed by atoms with Crippen LogP contribution in [0.4, 0.5) is 23.2 Å². The number of carbonyl (C=O) groups excluding carboxylic acids is 2. The summed E-state index contributed by atoms with van der Waals surface area (Å²) in [5, 5.41) is -1.23. The summed E-state index contributed by atoms with van der Waals surface area (Å²) in [6.45, 7) is 7.24. The monoisotopic (exact) mass is 705 g/mol. The molecule has 1 aromatic carbocycles. The molecule has 3 fully saturated rings. The number of nitrogens with zero attached hydrogens (tertiary/aromatic N) is 6. The Balaban J connectivity index is 1.17. The lowest BCUT2D eigenvalue weighted by molar-refractivity contribution is -0.146. The number of para-hydroxylation sites is 1. The second-order valence-electron chi connectivity index (χ2n) is 14.4. The molecule has 0 aliphatic carbocycles. The molecule has 3 aliphatic rings. The molecule has 2 aromatic heterocycles. The number of imidazole rings is 1. The SMILES string of the molecule is CC(C)(C)CCN1C(=O)C(CC(=O)N2CCC(n3c(=O)[nH]c4ncccc43)CC2)SC1c1cccc(F)c1N1CCN(CC(F)(F)F)CC1. The van der Waals surface area contributed by atoms with Crippen molar-refractivity contribution in [1.82, 2.24) is 29.2 Å². The number of halogens is 4. The minimum absolute atomic E-state index is 0.00555. The first kappa shape index (κ1) is 35.2. The number of pyridine rings is 1. The molecule has 0 bridgehead atoms. The predicted molar refractivity (Wildman–Crippen MR) is 181 cm³/mol. The van der Waals surface area contributed by atoms with E-state index in [1.54, 1.807) is 43.7 Å². The molecule has 2 unspecified atom stereocenters. The maximum Gasteiger partial charge on any atom is 0.401 e. The molecule has 49 heavy (non-hydrogen) atoms. The minimum Gasteiger partial charge on any atom is -0.366 e. The Labute approximate surface area is 286 Å². The Morgan fingerprint density at radius 1 is 1.00 bits per heavy atom. The third kappa shape index (κ3) is 7.92. The Bertz CT molecular complexity index is 1720. The quantitative estimate of drug-likeness (QED) is 0.323. The lowest BCUT2D eigenvalue weighted by atomic mass is 9.92. The molecule has 5 heterocycles. The minimum atomic E-state index is -4.31. The van der Waals surface area contributed by atoms with Crippen LogP contribution in [0.2, 0.25) is 0 Å². The molecule has 3 aromatic rings. The normalized spacial score (nSPS) is 21.7. The van der Waals surface area contributed by atoms with Crippen LogP contribution in [0.25, 0.3) is 11.2 Å². The lowest BCUT2D eigenvalue weighted by Gasteiger charge is -2.38. The smallest absolute Gasteiger partial charge is 0.366 e. The number of fused-ring (bicyclic) bond motifs is 1. The van der Waals surface area contributed by atoms with Crippen LogP contribution in [0.15, 0.2) is 41.3 Å². The number of nitrogens with one attached hydrogen (secondary N) is 1. The number of alkyl halides is 3. The van der Waals surface area contributed by atoms with Gasteiger partial charge in [0.1, 0.15) is 11.2 Å². The van der Waals surface area contributed by atoms with E-state index < -0.39 is 29.2 Å². The number of anilines is 1. The number of benzene rings is 1. The first-order valence-corrected chi connectivity index (χ1v) is 17.7. The molecule has 2 atom stereocenters. The van der Waals surface area contributed by atoms with Crippen LogP contribution < -0.4 is 10.6 Å². The van der Waals surface area contributed by atoms with Gasteiger partial charge in [-0.15, -0.1) is 11.8 Å². The number of carbonyl (C=O) groups is 2. The number of aromatic amines is 1. The zero-order valence-electron chi connectivity index (χ0n) is 28.0. The second kappa shape index (κ2) is 14.0. The highest BCUT2D eigenvalue weighted by Crippen LogP contribution is 2.48. The average Bonchev–Trinajstić information content (AvgIpc) is 3.54. The number of piperazine rings is 1. The Hall–Kier alpha value is -3.59. The number of amides is 2. The van der Waals surface area contributed by atoms with Crippen LogP contribution in [-0.2, 0) is 9.59 Å². The van der Waals surface area contributed by atoms with E-state index >= 15 is 4.39 Å². The fourth-order valence-corrected chi connectivity index (χ4v) is 8.57. The van der Waals surface area contributed by atoms with Crippen LogP contribution in [0, 0.1) is 11.2 Å². The molecule has 10 nitrogen and oxygen atoms in total. The van der Waals surface area contributed by atoms with Crippen molar-refractivity contribution in [2.75, 3.05) is 57.3 Å². The van der Waals surface area contributed by atoms with Crippen LogP contribution in [0.1, 0.15) is 63.4 Å².